The largest absolute Gasteiger partial charge is 0.480 e. The van der Waals surface area contributed by atoms with Crippen LogP contribution >= 0.6 is 0 Å². The molecule has 2 aliphatic rings. The Labute approximate surface area is 90.1 Å². The first-order valence-electron chi connectivity index (χ1n) is 4.77. The van der Waals surface area contributed by atoms with Gasteiger partial charge in [-0.15, -0.1) is 0 Å². The number of amides is 1. The standard InChI is InChI=1S/C8H10N4O4/c9-11-10-3-8-1-4(6(13)14)12(7(15)16)5(8)2-8/h4-5H,1-3H2,(H,13,14)(H,15,16)/t4-,5+,8-/m0/s1. The molecule has 1 saturated carbocycles. The van der Waals surface area contributed by atoms with Crippen molar-refractivity contribution in [3.63, 3.8) is 0 Å². The molecule has 1 heterocycles. The van der Waals surface area contributed by atoms with Crippen LogP contribution in [0.15, 0.2) is 5.11 Å². The Kier molecular flexibility index (Phi) is 2.16. The van der Waals surface area contributed by atoms with E-state index in [0.29, 0.717) is 6.42 Å². The number of aliphatic carboxylic acids is 1. The van der Waals surface area contributed by atoms with E-state index in [9.17, 15) is 9.59 Å². The predicted molar refractivity (Wildman–Crippen MR) is 50.8 cm³/mol. The molecule has 0 radical (unpaired) electrons. The number of nitrogens with zero attached hydrogens (tertiary/aromatic N) is 4. The van der Waals surface area contributed by atoms with Crippen molar-refractivity contribution >= 4 is 12.1 Å². The number of fused-ring (bicyclic) bond motifs is 1. The molecular formula is C8H10N4O4. The van der Waals surface area contributed by atoms with E-state index in [4.69, 9.17) is 15.7 Å². The zero-order valence-corrected chi connectivity index (χ0v) is 8.28. The number of carboxylic acid groups (broad SMARTS) is 2. The average Bonchev–Trinajstić information content (AvgIpc) is 2.80. The lowest BCUT2D eigenvalue weighted by atomic mass is 10.00. The second kappa shape index (κ2) is 3.28. The molecule has 0 aromatic carbocycles. The summed E-state index contributed by atoms with van der Waals surface area (Å²) in [6.07, 6.45) is -0.404. The fourth-order valence-corrected chi connectivity index (χ4v) is 2.52. The summed E-state index contributed by atoms with van der Waals surface area (Å²) in [5, 5.41) is 21.3. The SMILES string of the molecule is [N-]=[N+]=NC[C@@]12C[C@@H](C(=O)O)N(C(=O)O)[C@@H]1C2. The summed E-state index contributed by atoms with van der Waals surface area (Å²) in [4.78, 5) is 25.4. The zero-order valence-electron chi connectivity index (χ0n) is 8.28. The highest BCUT2D eigenvalue weighted by molar-refractivity contribution is 5.81. The third-order valence-corrected chi connectivity index (χ3v) is 3.37. The first-order valence-corrected chi connectivity index (χ1v) is 4.77. The maximum atomic E-state index is 10.9. The molecular weight excluding hydrogens is 216 g/mol. The van der Waals surface area contributed by atoms with E-state index in [-0.39, 0.29) is 19.0 Å². The molecule has 0 bridgehead atoms. The molecule has 8 nitrogen and oxygen atoms in total. The molecule has 2 fully saturated rings. The molecule has 86 valence electrons. The lowest BCUT2D eigenvalue weighted by Crippen LogP contribution is -2.42. The lowest BCUT2D eigenvalue weighted by molar-refractivity contribution is -0.142. The first kappa shape index (κ1) is 10.6. The highest BCUT2D eigenvalue weighted by Gasteiger charge is 2.67. The molecule has 3 atom stereocenters. The van der Waals surface area contributed by atoms with Gasteiger partial charge in [0.1, 0.15) is 6.04 Å². The topological polar surface area (TPSA) is 127 Å². The minimum Gasteiger partial charge on any atom is -0.480 e. The quantitative estimate of drug-likeness (QED) is 0.420. The van der Waals surface area contributed by atoms with Gasteiger partial charge in [-0.1, -0.05) is 5.11 Å². The van der Waals surface area contributed by atoms with E-state index in [1.807, 2.05) is 0 Å². The fraction of sp³-hybridized carbons (Fsp3) is 0.750. The number of piperidine rings is 1. The number of carboxylic acids is 1. The molecule has 0 aromatic heterocycles. The van der Waals surface area contributed by atoms with Gasteiger partial charge in [0, 0.05) is 22.9 Å². The van der Waals surface area contributed by atoms with Crippen molar-refractivity contribution in [2.45, 2.75) is 24.9 Å². The van der Waals surface area contributed by atoms with Crippen LogP contribution in [0.5, 0.6) is 0 Å². The van der Waals surface area contributed by atoms with Gasteiger partial charge in [-0.25, -0.2) is 9.59 Å². The summed E-state index contributed by atoms with van der Waals surface area (Å²) in [6, 6.07) is -1.32. The summed E-state index contributed by atoms with van der Waals surface area (Å²) in [6.45, 7) is 0.168. The first-order chi connectivity index (χ1) is 7.52. The van der Waals surface area contributed by atoms with E-state index < -0.39 is 23.5 Å². The van der Waals surface area contributed by atoms with Gasteiger partial charge in [0.25, 0.3) is 0 Å². The van der Waals surface area contributed by atoms with Crippen molar-refractivity contribution in [1.29, 1.82) is 0 Å². The van der Waals surface area contributed by atoms with Gasteiger partial charge in [0.2, 0.25) is 0 Å². The molecule has 2 N–H and O–H groups in total. The monoisotopic (exact) mass is 226 g/mol. The molecule has 0 aromatic rings. The van der Waals surface area contributed by atoms with Crippen molar-refractivity contribution in [2.24, 2.45) is 10.5 Å². The number of likely N-dealkylation sites (tertiary alicyclic amines) is 1. The maximum absolute atomic E-state index is 10.9. The van der Waals surface area contributed by atoms with E-state index in [1.165, 1.54) is 0 Å². The third kappa shape index (κ3) is 1.35. The Morgan fingerprint density at radius 1 is 1.50 bits per heavy atom. The second-order valence-corrected chi connectivity index (χ2v) is 4.22. The summed E-state index contributed by atoms with van der Waals surface area (Å²) < 4.78 is 0. The zero-order chi connectivity index (χ0) is 11.9. The highest BCUT2D eigenvalue weighted by Crippen LogP contribution is 2.59. The Bertz CT molecular complexity index is 405. The molecule has 1 saturated heterocycles. The van der Waals surface area contributed by atoms with Crippen molar-refractivity contribution in [3.05, 3.63) is 10.4 Å². The smallest absolute Gasteiger partial charge is 0.408 e. The molecule has 0 unspecified atom stereocenters. The van der Waals surface area contributed by atoms with Crippen LogP contribution in [0.3, 0.4) is 0 Å². The third-order valence-electron chi connectivity index (χ3n) is 3.37. The van der Waals surface area contributed by atoms with Crippen molar-refractivity contribution in [1.82, 2.24) is 4.90 Å². The predicted octanol–water partition coefficient (Wildman–Crippen LogP) is 0.892. The van der Waals surface area contributed by atoms with E-state index in [0.717, 1.165) is 4.90 Å². The number of azide groups is 1. The molecule has 1 amide bonds. The fourth-order valence-electron chi connectivity index (χ4n) is 2.52. The van der Waals surface area contributed by atoms with Crippen LogP contribution in [0, 0.1) is 5.41 Å². The van der Waals surface area contributed by atoms with E-state index in [2.05, 4.69) is 10.0 Å². The molecule has 16 heavy (non-hydrogen) atoms. The van der Waals surface area contributed by atoms with Gasteiger partial charge in [0.05, 0.1) is 0 Å². The van der Waals surface area contributed by atoms with Gasteiger partial charge in [-0.3, -0.25) is 4.90 Å². The number of rotatable bonds is 3. The van der Waals surface area contributed by atoms with Crippen LogP contribution in [0.1, 0.15) is 12.8 Å². The van der Waals surface area contributed by atoms with Crippen LogP contribution in [0.2, 0.25) is 0 Å². The van der Waals surface area contributed by atoms with Crippen LogP contribution in [-0.2, 0) is 4.79 Å². The van der Waals surface area contributed by atoms with Gasteiger partial charge >= 0.3 is 12.1 Å². The maximum Gasteiger partial charge on any atom is 0.408 e. The Morgan fingerprint density at radius 3 is 2.62 bits per heavy atom. The Balaban J connectivity index is 2.19. The Morgan fingerprint density at radius 2 is 2.19 bits per heavy atom. The van der Waals surface area contributed by atoms with Crippen molar-refractivity contribution < 1.29 is 19.8 Å². The van der Waals surface area contributed by atoms with Gasteiger partial charge in [-0.05, 0) is 18.4 Å². The van der Waals surface area contributed by atoms with Crippen molar-refractivity contribution in [3.8, 4) is 0 Å². The average molecular weight is 226 g/mol. The summed E-state index contributed by atoms with van der Waals surface area (Å²) in [5.74, 6) is -1.14. The summed E-state index contributed by atoms with van der Waals surface area (Å²) >= 11 is 0. The van der Waals surface area contributed by atoms with Crippen LogP contribution in [0.4, 0.5) is 4.79 Å². The molecule has 1 aliphatic heterocycles. The minimum absolute atomic E-state index is 0.168. The molecule has 2 rings (SSSR count). The highest BCUT2D eigenvalue weighted by atomic mass is 16.4. The number of hydrogen-bond donors (Lipinski definition) is 2. The van der Waals surface area contributed by atoms with Crippen LogP contribution in [0.25, 0.3) is 10.4 Å². The van der Waals surface area contributed by atoms with Crippen molar-refractivity contribution in [2.75, 3.05) is 6.54 Å². The van der Waals surface area contributed by atoms with Crippen LogP contribution in [-0.4, -0.2) is 45.8 Å². The van der Waals surface area contributed by atoms with Crippen LogP contribution < -0.4 is 0 Å². The van der Waals surface area contributed by atoms with Gasteiger partial charge < -0.3 is 10.2 Å². The van der Waals surface area contributed by atoms with E-state index in [1.54, 1.807) is 0 Å². The normalized spacial score (nSPS) is 35.1. The summed E-state index contributed by atoms with van der Waals surface area (Å²) in [5.41, 5.74) is 7.78. The van der Waals surface area contributed by atoms with Gasteiger partial charge in [0.15, 0.2) is 0 Å². The number of carbonyl (C=O) groups is 2. The summed E-state index contributed by atoms with van der Waals surface area (Å²) in [7, 11) is 0. The van der Waals surface area contributed by atoms with Gasteiger partial charge in [-0.2, -0.15) is 0 Å². The molecule has 0 spiro atoms. The minimum atomic E-state index is -1.22. The molecule has 8 heteroatoms. The second-order valence-electron chi connectivity index (χ2n) is 4.22. The lowest BCUT2D eigenvalue weighted by Gasteiger charge is -2.20. The number of hydrogen-bond acceptors (Lipinski definition) is 3. The Hall–Kier alpha value is -1.95. The molecule has 1 aliphatic carbocycles. The van der Waals surface area contributed by atoms with E-state index >= 15 is 0 Å².